The minimum Gasteiger partial charge on any atom is -0.497 e. The third-order valence-corrected chi connectivity index (χ3v) is 6.34. The number of fused-ring (bicyclic) bond motifs is 1. The van der Waals surface area contributed by atoms with Crippen LogP contribution in [0.5, 0.6) is 11.6 Å². The number of nitrogens with zero attached hydrogens (tertiary/aromatic N) is 2. The lowest BCUT2D eigenvalue weighted by atomic mass is 9.79. The van der Waals surface area contributed by atoms with Gasteiger partial charge in [0.05, 0.1) is 12.7 Å². The average molecular weight is 395 g/mol. The fraction of sp³-hybridized carbons (Fsp3) is 0.458. The highest BCUT2D eigenvalue weighted by atomic mass is 16.5. The van der Waals surface area contributed by atoms with Gasteiger partial charge in [0, 0.05) is 44.9 Å². The van der Waals surface area contributed by atoms with Gasteiger partial charge in [-0.25, -0.2) is 4.98 Å². The van der Waals surface area contributed by atoms with E-state index >= 15 is 0 Å². The van der Waals surface area contributed by atoms with Crippen LogP contribution in [0.15, 0.2) is 54.7 Å². The van der Waals surface area contributed by atoms with Gasteiger partial charge in [-0.3, -0.25) is 4.90 Å². The molecule has 5 heteroatoms. The molecule has 0 N–H and O–H groups in total. The van der Waals surface area contributed by atoms with Crippen molar-refractivity contribution in [1.29, 1.82) is 0 Å². The molecular weight excluding hydrogens is 364 g/mol. The van der Waals surface area contributed by atoms with Crippen molar-refractivity contribution in [3.63, 3.8) is 0 Å². The maximum atomic E-state index is 6.17. The fourth-order valence-corrected chi connectivity index (χ4v) is 4.71. The Balaban J connectivity index is 1.40. The Kier molecular flexibility index (Phi) is 6.16. The topological polar surface area (TPSA) is 43.8 Å². The molecule has 0 unspecified atom stereocenters. The van der Waals surface area contributed by atoms with Crippen LogP contribution >= 0.6 is 0 Å². The van der Waals surface area contributed by atoms with Crippen LogP contribution < -0.4 is 9.47 Å². The molecule has 2 heterocycles. The highest BCUT2D eigenvalue weighted by Crippen LogP contribution is 2.43. The second kappa shape index (κ2) is 8.97. The van der Waals surface area contributed by atoms with Crippen molar-refractivity contribution in [2.24, 2.45) is 0 Å². The summed E-state index contributed by atoms with van der Waals surface area (Å²) in [4.78, 5) is 6.86. The van der Waals surface area contributed by atoms with Crippen LogP contribution in [0, 0.1) is 0 Å². The van der Waals surface area contributed by atoms with Crippen molar-refractivity contribution in [1.82, 2.24) is 9.88 Å². The molecule has 2 aromatic rings. The molecule has 4 rings (SSSR count). The van der Waals surface area contributed by atoms with E-state index in [0.717, 1.165) is 44.5 Å². The van der Waals surface area contributed by atoms with E-state index in [1.807, 2.05) is 37.4 Å². The first-order valence-electron chi connectivity index (χ1n) is 10.4. The van der Waals surface area contributed by atoms with Gasteiger partial charge in [-0.2, -0.15) is 0 Å². The van der Waals surface area contributed by atoms with E-state index in [9.17, 15) is 0 Å². The summed E-state index contributed by atoms with van der Waals surface area (Å²) in [6.45, 7) is 1.97. The van der Waals surface area contributed by atoms with Gasteiger partial charge in [0.1, 0.15) is 11.9 Å². The number of rotatable bonds is 7. The van der Waals surface area contributed by atoms with Crippen molar-refractivity contribution < 1.29 is 14.2 Å². The van der Waals surface area contributed by atoms with E-state index < -0.39 is 0 Å². The molecule has 1 aromatic heterocycles. The van der Waals surface area contributed by atoms with Crippen molar-refractivity contribution in [3.05, 3.63) is 60.3 Å². The second-order valence-electron chi connectivity index (χ2n) is 7.89. The second-order valence-corrected chi connectivity index (χ2v) is 7.89. The standard InChI is InChI=1S/C24H30N2O3/c1-27-20-10-8-19(9-11-20)6-5-16-26-17-14-24(28-2)13-12-21(18-22(24)26)29-23-7-3-4-15-25-23/h3-11,15,21-22H,12-14,16-18H2,1-2H3/b6-5+/t21-,22-,24+/m0/s1. The van der Waals surface area contributed by atoms with E-state index in [4.69, 9.17) is 14.2 Å². The predicted octanol–water partition coefficient (Wildman–Crippen LogP) is 4.19. The Labute approximate surface area is 173 Å². The Hall–Kier alpha value is -2.37. The van der Waals surface area contributed by atoms with Gasteiger partial charge in [-0.05, 0) is 43.0 Å². The van der Waals surface area contributed by atoms with Gasteiger partial charge >= 0.3 is 0 Å². The van der Waals surface area contributed by atoms with Gasteiger partial charge in [0.15, 0.2) is 0 Å². The van der Waals surface area contributed by atoms with Gasteiger partial charge in [0.25, 0.3) is 0 Å². The lowest BCUT2D eigenvalue weighted by Gasteiger charge is -2.43. The Morgan fingerprint density at radius 2 is 2.00 bits per heavy atom. The minimum atomic E-state index is -0.0437. The maximum absolute atomic E-state index is 6.17. The molecular formula is C24H30N2O3. The predicted molar refractivity (Wildman–Crippen MR) is 114 cm³/mol. The Morgan fingerprint density at radius 3 is 2.72 bits per heavy atom. The molecule has 0 bridgehead atoms. The SMILES string of the molecule is COc1ccc(/C=C/CN2CC[C@]3(OC)CC[C@H](Oc4ccccn4)C[C@H]23)cc1. The van der Waals surface area contributed by atoms with E-state index in [2.05, 4.69) is 34.2 Å². The molecule has 1 aromatic carbocycles. The van der Waals surface area contributed by atoms with Crippen molar-refractivity contribution >= 4 is 6.08 Å². The molecule has 1 saturated heterocycles. The smallest absolute Gasteiger partial charge is 0.213 e. The number of hydrogen-bond acceptors (Lipinski definition) is 5. The molecule has 0 spiro atoms. The molecule has 1 aliphatic carbocycles. The molecule has 0 amide bonds. The highest BCUT2D eigenvalue weighted by Gasteiger charge is 2.51. The summed E-state index contributed by atoms with van der Waals surface area (Å²) in [7, 11) is 3.55. The van der Waals surface area contributed by atoms with Crippen LogP contribution in [0.2, 0.25) is 0 Å². The number of ether oxygens (including phenoxy) is 3. The van der Waals surface area contributed by atoms with Crippen LogP contribution in [0.1, 0.15) is 31.2 Å². The van der Waals surface area contributed by atoms with E-state index in [0.29, 0.717) is 11.9 Å². The summed E-state index contributed by atoms with van der Waals surface area (Å²) in [5, 5.41) is 0. The molecule has 1 saturated carbocycles. The zero-order valence-corrected chi connectivity index (χ0v) is 17.3. The summed E-state index contributed by atoms with van der Waals surface area (Å²) < 4.78 is 17.5. The molecule has 0 radical (unpaired) electrons. The van der Waals surface area contributed by atoms with Crippen molar-refractivity contribution in [2.75, 3.05) is 27.3 Å². The van der Waals surface area contributed by atoms with Gasteiger partial charge in [-0.15, -0.1) is 0 Å². The first kappa shape index (κ1) is 19.9. The van der Waals surface area contributed by atoms with Gasteiger partial charge in [0.2, 0.25) is 5.88 Å². The molecule has 5 nitrogen and oxygen atoms in total. The monoisotopic (exact) mass is 394 g/mol. The average Bonchev–Trinajstić information content (AvgIpc) is 3.13. The lowest BCUT2D eigenvalue weighted by molar-refractivity contribution is -0.0818. The van der Waals surface area contributed by atoms with Crippen LogP contribution in [0.25, 0.3) is 6.08 Å². The molecule has 29 heavy (non-hydrogen) atoms. The first-order valence-corrected chi connectivity index (χ1v) is 10.4. The maximum Gasteiger partial charge on any atom is 0.213 e. The zero-order chi connectivity index (χ0) is 20.1. The Morgan fingerprint density at radius 1 is 1.14 bits per heavy atom. The molecule has 154 valence electrons. The van der Waals surface area contributed by atoms with Crippen LogP contribution in [0.4, 0.5) is 0 Å². The normalized spacial score (nSPS) is 27.1. The van der Waals surface area contributed by atoms with E-state index in [1.165, 1.54) is 5.56 Å². The van der Waals surface area contributed by atoms with E-state index in [1.54, 1.807) is 13.3 Å². The summed E-state index contributed by atoms with van der Waals surface area (Å²) >= 11 is 0. The van der Waals surface area contributed by atoms with E-state index in [-0.39, 0.29) is 11.7 Å². The largest absolute Gasteiger partial charge is 0.497 e. The number of hydrogen-bond donors (Lipinski definition) is 0. The summed E-state index contributed by atoms with van der Waals surface area (Å²) in [5.41, 5.74) is 1.14. The number of likely N-dealkylation sites (tertiary alicyclic amines) is 1. The highest BCUT2D eigenvalue weighted by molar-refractivity contribution is 5.50. The third-order valence-electron chi connectivity index (χ3n) is 6.34. The summed E-state index contributed by atoms with van der Waals surface area (Å²) in [5.74, 6) is 1.60. The molecule has 2 aliphatic rings. The number of methoxy groups -OCH3 is 2. The summed E-state index contributed by atoms with van der Waals surface area (Å²) in [6, 6.07) is 14.3. The first-order chi connectivity index (χ1) is 14.2. The fourth-order valence-electron chi connectivity index (χ4n) is 4.71. The zero-order valence-electron chi connectivity index (χ0n) is 17.3. The molecule has 3 atom stereocenters. The van der Waals surface area contributed by atoms with Crippen molar-refractivity contribution in [2.45, 2.75) is 43.4 Å². The van der Waals surface area contributed by atoms with Crippen molar-refractivity contribution in [3.8, 4) is 11.6 Å². The quantitative estimate of drug-likeness (QED) is 0.704. The lowest BCUT2D eigenvalue weighted by Crippen LogP contribution is -2.52. The third kappa shape index (κ3) is 4.46. The van der Waals surface area contributed by atoms with Crippen LogP contribution in [-0.2, 0) is 4.74 Å². The molecule has 2 fully saturated rings. The van der Waals surface area contributed by atoms with Gasteiger partial charge < -0.3 is 14.2 Å². The number of benzene rings is 1. The summed E-state index contributed by atoms with van der Waals surface area (Å²) in [6.07, 6.45) is 10.5. The number of aromatic nitrogens is 1. The Bertz CT molecular complexity index is 809. The van der Waals surface area contributed by atoms with Crippen LogP contribution in [0.3, 0.4) is 0 Å². The van der Waals surface area contributed by atoms with Gasteiger partial charge in [-0.1, -0.05) is 30.4 Å². The van der Waals surface area contributed by atoms with Crippen LogP contribution in [-0.4, -0.2) is 54.9 Å². The number of pyridine rings is 1. The molecule has 1 aliphatic heterocycles. The minimum absolute atomic E-state index is 0.0437.